The Kier molecular flexibility index (Phi) is 7.02. The highest BCUT2D eigenvalue weighted by atomic mass is 32.2. The molecular weight excluding hydrogens is 418 g/mol. The molecule has 2 amide bonds. The van der Waals surface area contributed by atoms with Crippen LogP contribution in [0.4, 0.5) is 5.69 Å². The number of amides is 2. The van der Waals surface area contributed by atoms with Gasteiger partial charge in [0.2, 0.25) is 5.91 Å². The van der Waals surface area contributed by atoms with Gasteiger partial charge < -0.3 is 10.1 Å². The monoisotopic (exact) mass is 435 g/mol. The molecule has 0 saturated carbocycles. The second-order valence-electron chi connectivity index (χ2n) is 5.66. The number of sulfonamides is 1. The first-order valence-electron chi connectivity index (χ1n) is 8.06. The van der Waals surface area contributed by atoms with Gasteiger partial charge in [-0.25, -0.2) is 17.9 Å². The van der Waals surface area contributed by atoms with E-state index in [4.69, 9.17) is 12.2 Å². The highest BCUT2D eigenvalue weighted by molar-refractivity contribution is 7.90. The van der Waals surface area contributed by atoms with Crippen LogP contribution in [0, 0.1) is 0 Å². The third-order valence-corrected chi connectivity index (χ3v) is 5.15. The largest absolute Gasteiger partial charge is 0.465 e. The lowest BCUT2D eigenvalue weighted by Crippen LogP contribution is -2.34. The molecule has 3 N–H and O–H groups in total. The minimum absolute atomic E-state index is 0.00971. The predicted octanol–water partition coefficient (Wildman–Crippen LogP) is 1.42. The molecule has 0 unspecified atom stereocenters. The first-order chi connectivity index (χ1) is 13.6. The quantitative estimate of drug-likeness (QED) is 0.475. The van der Waals surface area contributed by atoms with Gasteiger partial charge in [-0.3, -0.25) is 14.9 Å². The van der Waals surface area contributed by atoms with Gasteiger partial charge in [-0.2, -0.15) is 0 Å². The zero-order valence-electron chi connectivity index (χ0n) is 15.4. The summed E-state index contributed by atoms with van der Waals surface area (Å²) in [5, 5.41) is 5.20. The van der Waals surface area contributed by atoms with E-state index in [1.54, 1.807) is 0 Å². The second kappa shape index (κ2) is 9.26. The van der Waals surface area contributed by atoms with Gasteiger partial charge in [0.15, 0.2) is 5.11 Å². The molecule has 0 aliphatic carbocycles. The van der Waals surface area contributed by atoms with Crippen molar-refractivity contribution in [3.05, 3.63) is 59.7 Å². The summed E-state index contributed by atoms with van der Waals surface area (Å²) in [5.41, 5.74) is 1.01. The van der Waals surface area contributed by atoms with Gasteiger partial charge in [-0.05, 0) is 60.7 Å². The third-order valence-electron chi connectivity index (χ3n) is 3.50. The zero-order valence-corrected chi connectivity index (χ0v) is 17.0. The van der Waals surface area contributed by atoms with Crippen LogP contribution in [0.2, 0.25) is 0 Å². The van der Waals surface area contributed by atoms with E-state index in [9.17, 15) is 22.8 Å². The van der Waals surface area contributed by atoms with Gasteiger partial charge in [-0.15, -0.1) is 0 Å². The van der Waals surface area contributed by atoms with Crippen LogP contribution in [-0.4, -0.2) is 38.4 Å². The van der Waals surface area contributed by atoms with Gasteiger partial charge in [0, 0.05) is 18.2 Å². The number of rotatable bonds is 5. The van der Waals surface area contributed by atoms with Crippen LogP contribution >= 0.6 is 12.2 Å². The normalized spacial score (nSPS) is 10.6. The summed E-state index contributed by atoms with van der Waals surface area (Å²) in [6.07, 6.45) is 0. The maximum Gasteiger partial charge on any atom is 0.337 e. The van der Waals surface area contributed by atoms with E-state index in [0.29, 0.717) is 11.3 Å². The van der Waals surface area contributed by atoms with Crippen molar-refractivity contribution in [2.24, 2.45) is 0 Å². The average Bonchev–Trinajstić information content (AvgIpc) is 2.66. The molecule has 152 valence electrons. The van der Waals surface area contributed by atoms with Gasteiger partial charge in [0.25, 0.3) is 15.9 Å². The van der Waals surface area contributed by atoms with Crippen LogP contribution in [-0.2, 0) is 19.6 Å². The topological polar surface area (TPSA) is 131 Å². The molecule has 0 radical (unpaired) electrons. The van der Waals surface area contributed by atoms with Crippen LogP contribution < -0.4 is 15.4 Å². The van der Waals surface area contributed by atoms with E-state index in [1.165, 1.54) is 55.6 Å². The number of hydrogen-bond donors (Lipinski definition) is 3. The van der Waals surface area contributed by atoms with Crippen molar-refractivity contribution in [3.63, 3.8) is 0 Å². The minimum atomic E-state index is -3.93. The summed E-state index contributed by atoms with van der Waals surface area (Å²) in [6.45, 7) is 1.09. The van der Waals surface area contributed by atoms with Gasteiger partial charge in [0.05, 0.1) is 17.6 Å². The lowest BCUT2D eigenvalue weighted by molar-refractivity contribution is -0.117. The number of hydrogen-bond acceptors (Lipinski definition) is 7. The Morgan fingerprint density at radius 1 is 0.931 bits per heavy atom. The highest BCUT2D eigenvalue weighted by Crippen LogP contribution is 2.14. The molecule has 9 nitrogen and oxygen atoms in total. The molecule has 2 rings (SSSR count). The van der Waals surface area contributed by atoms with Crippen LogP contribution in [0.25, 0.3) is 0 Å². The summed E-state index contributed by atoms with van der Waals surface area (Å²) in [5.74, 6) is -1.71. The number of benzene rings is 2. The fourth-order valence-corrected chi connectivity index (χ4v) is 3.38. The molecule has 0 fully saturated rings. The first-order valence-corrected chi connectivity index (χ1v) is 9.95. The maximum absolute atomic E-state index is 12.2. The first kappa shape index (κ1) is 22.0. The molecule has 29 heavy (non-hydrogen) atoms. The maximum atomic E-state index is 12.2. The number of anilines is 1. The van der Waals surface area contributed by atoms with Gasteiger partial charge >= 0.3 is 5.97 Å². The van der Waals surface area contributed by atoms with Crippen LogP contribution in [0.15, 0.2) is 53.4 Å². The molecule has 2 aromatic carbocycles. The van der Waals surface area contributed by atoms with E-state index in [2.05, 4.69) is 15.4 Å². The van der Waals surface area contributed by atoms with E-state index in [-0.39, 0.29) is 15.6 Å². The number of ether oxygens (including phenoxy) is 1. The van der Waals surface area contributed by atoms with Crippen molar-refractivity contribution >= 4 is 50.8 Å². The van der Waals surface area contributed by atoms with Crippen molar-refractivity contribution < 1.29 is 27.5 Å². The Morgan fingerprint density at radius 2 is 1.48 bits per heavy atom. The molecule has 2 aromatic rings. The lowest BCUT2D eigenvalue weighted by atomic mass is 10.1. The highest BCUT2D eigenvalue weighted by Gasteiger charge is 2.15. The summed E-state index contributed by atoms with van der Waals surface area (Å²) in [7, 11) is -2.68. The molecule has 0 saturated heterocycles. The number of carbonyl (C=O) groups excluding carboxylic acids is 3. The van der Waals surface area contributed by atoms with E-state index in [0.717, 1.165) is 6.92 Å². The van der Waals surface area contributed by atoms with Gasteiger partial charge in [0.1, 0.15) is 0 Å². The number of esters is 1. The number of thiocarbonyl (C=S) groups is 1. The Labute approximate surface area is 172 Å². The van der Waals surface area contributed by atoms with Crippen molar-refractivity contribution in [3.8, 4) is 0 Å². The summed E-state index contributed by atoms with van der Waals surface area (Å²) < 4.78 is 30.2. The molecule has 0 bridgehead atoms. The molecule has 0 aliphatic rings. The van der Waals surface area contributed by atoms with Crippen LogP contribution in [0.5, 0.6) is 0 Å². The predicted molar refractivity (Wildman–Crippen MR) is 109 cm³/mol. The average molecular weight is 435 g/mol. The third kappa shape index (κ3) is 6.09. The number of nitrogens with one attached hydrogen (secondary N) is 3. The van der Waals surface area contributed by atoms with Crippen LogP contribution in [0.1, 0.15) is 27.6 Å². The van der Waals surface area contributed by atoms with Crippen molar-refractivity contribution in [2.45, 2.75) is 11.8 Å². The molecule has 11 heteroatoms. The molecule has 0 atom stereocenters. The zero-order chi connectivity index (χ0) is 21.6. The molecule has 0 heterocycles. The standard InChI is InChI=1S/C18H17N3O6S2/c1-11(22)21-29(25,26)15-9-7-14(8-10-15)19-18(28)20-16(23)12-3-5-13(6-4-12)17(24)27-2/h3-10H,1-2H3,(H,21,22)(H2,19,20,23,28). The summed E-state index contributed by atoms with van der Waals surface area (Å²) >= 11 is 5.07. The second-order valence-corrected chi connectivity index (χ2v) is 7.75. The van der Waals surface area contributed by atoms with E-state index in [1.807, 2.05) is 4.72 Å². The Bertz CT molecular complexity index is 1050. The fourth-order valence-electron chi connectivity index (χ4n) is 2.18. The lowest BCUT2D eigenvalue weighted by Gasteiger charge is -2.11. The van der Waals surface area contributed by atoms with Crippen molar-refractivity contribution in [1.29, 1.82) is 0 Å². The Balaban J connectivity index is 1.99. The Hall–Kier alpha value is -3.31. The summed E-state index contributed by atoms with van der Waals surface area (Å²) in [6, 6.07) is 11.2. The fraction of sp³-hybridized carbons (Fsp3) is 0.111. The van der Waals surface area contributed by atoms with Crippen molar-refractivity contribution in [2.75, 3.05) is 12.4 Å². The van der Waals surface area contributed by atoms with Gasteiger partial charge in [-0.1, -0.05) is 0 Å². The SMILES string of the molecule is COC(=O)c1ccc(C(=O)NC(=S)Nc2ccc(S(=O)(=O)NC(C)=O)cc2)cc1. The molecule has 0 aliphatic heterocycles. The minimum Gasteiger partial charge on any atom is -0.465 e. The molecule has 0 aromatic heterocycles. The molecule has 0 spiro atoms. The molecular formula is C18H17N3O6S2. The number of carbonyl (C=O) groups is 3. The van der Waals surface area contributed by atoms with E-state index < -0.39 is 27.8 Å². The number of methoxy groups -OCH3 is 1. The van der Waals surface area contributed by atoms with Crippen LogP contribution in [0.3, 0.4) is 0 Å². The smallest absolute Gasteiger partial charge is 0.337 e. The van der Waals surface area contributed by atoms with Crippen molar-refractivity contribution in [1.82, 2.24) is 10.0 Å². The Morgan fingerprint density at radius 3 is 2.00 bits per heavy atom. The van der Waals surface area contributed by atoms with E-state index >= 15 is 0 Å². The summed E-state index contributed by atoms with van der Waals surface area (Å²) in [4.78, 5) is 34.5.